The van der Waals surface area contributed by atoms with Gasteiger partial charge in [0.15, 0.2) is 11.8 Å². The van der Waals surface area contributed by atoms with Crippen LogP contribution in [-0.4, -0.2) is 39.6 Å². The number of rotatable bonds is 3. The van der Waals surface area contributed by atoms with Crippen LogP contribution in [0.25, 0.3) is 10.9 Å². The summed E-state index contributed by atoms with van der Waals surface area (Å²) < 4.78 is 5.39. The van der Waals surface area contributed by atoms with Crippen molar-refractivity contribution in [3.8, 4) is 0 Å². The van der Waals surface area contributed by atoms with Gasteiger partial charge in [0.2, 0.25) is 0 Å². The van der Waals surface area contributed by atoms with E-state index in [-0.39, 0.29) is 11.6 Å². The van der Waals surface area contributed by atoms with Crippen molar-refractivity contribution in [2.45, 2.75) is 26.0 Å². The highest BCUT2D eigenvalue weighted by atomic mass is 16.5. The first-order valence-corrected chi connectivity index (χ1v) is 8.63. The van der Waals surface area contributed by atoms with E-state index in [1.165, 1.54) is 5.56 Å². The van der Waals surface area contributed by atoms with E-state index in [0.717, 1.165) is 17.5 Å². The highest BCUT2D eigenvalue weighted by molar-refractivity contribution is 6.02. The normalized spacial score (nSPS) is 14.7. The predicted molar refractivity (Wildman–Crippen MR) is 96.5 cm³/mol. The SMILES string of the molecule is C[C@H](OC(=O)c1n[nH]c2ccccc12)C(=O)N1CCc2ccccc2C1. The predicted octanol–water partition coefficient (Wildman–Crippen LogP) is 2.69. The van der Waals surface area contributed by atoms with Gasteiger partial charge in [-0.25, -0.2) is 4.79 Å². The van der Waals surface area contributed by atoms with Crippen molar-refractivity contribution in [2.24, 2.45) is 0 Å². The fraction of sp³-hybridized carbons (Fsp3) is 0.250. The summed E-state index contributed by atoms with van der Waals surface area (Å²) in [5.41, 5.74) is 3.36. The number of carbonyl (C=O) groups excluding carboxylic acids is 2. The second-order valence-corrected chi connectivity index (χ2v) is 6.44. The minimum absolute atomic E-state index is 0.187. The summed E-state index contributed by atoms with van der Waals surface area (Å²) in [7, 11) is 0. The highest BCUT2D eigenvalue weighted by Gasteiger charge is 2.28. The molecule has 132 valence electrons. The van der Waals surface area contributed by atoms with Crippen LogP contribution in [0, 0.1) is 0 Å². The second-order valence-electron chi connectivity index (χ2n) is 6.44. The summed E-state index contributed by atoms with van der Waals surface area (Å²) in [4.78, 5) is 26.9. The number of nitrogens with one attached hydrogen (secondary N) is 1. The number of esters is 1. The van der Waals surface area contributed by atoms with Crippen LogP contribution in [0.15, 0.2) is 48.5 Å². The average Bonchev–Trinajstić information content (AvgIpc) is 3.11. The number of para-hydroxylation sites is 1. The summed E-state index contributed by atoms with van der Waals surface area (Å²) in [5, 5.41) is 7.51. The van der Waals surface area contributed by atoms with Crippen molar-refractivity contribution < 1.29 is 14.3 Å². The topological polar surface area (TPSA) is 75.3 Å². The van der Waals surface area contributed by atoms with E-state index in [1.807, 2.05) is 36.4 Å². The molecule has 0 radical (unpaired) electrons. The lowest BCUT2D eigenvalue weighted by Crippen LogP contribution is -2.42. The highest BCUT2D eigenvalue weighted by Crippen LogP contribution is 2.20. The number of benzene rings is 2. The van der Waals surface area contributed by atoms with E-state index in [2.05, 4.69) is 16.3 Å². The molecule has 1 amide bonds. The molecule has 0 fully saturated rings. The zero-order valence-corrected chi connectivity index (χ0v) is 14.4. The Kier molecular flexibility index (Phi) is 4.16. The molecule has 1 atom stereocenters. The van der Waals surface area contributed by atoms with Crippen molar-refractivity contribution in [1.29, 1.82) is 0 Å². The van der Waals surface area contributed by atoms with Crippen LogP contribution in [0.4, 0.5) is 0 Å². The third kappa shape index (κ3) is 2.94. The van der Waals surface area contributed by atoms with Gasteiger partial charge < -0.3 is 9.64 Å². The number of nitrogens with zero attached hydrogens (tertiary/aromatic N) is 2. The maximum absolute atomic E-state index is 12.7. The number of amides is 1. The third-order valence-corrected chi connectivity index (χ3v) is 4.74. The van der Waals surface area contributed by atoms with Gasteiger partial charge in [-0.3, -0.25) is 9.89 Å². The number of aromatic amines is 1. The summed E-state index contributed by atoms with van der Waals surface area (Å²) in [6.45, 7) is 2.78. The Morgan fingerprint density at radius 2 is 1.85 bits per heavy atom. The van der Waals surface area contributed by atoms with E-state index < -0.39 is 12.1 Å². The number of aromatic nitrogens is 2. The molecular weight excluding hydrogens is 330 g/mol. The van der Waals surface area contributed by atoms with Gasteiger partial charge in [0.25, 0.3) is 5.91 Å². The molecule has 2 heterocycles. The third-order valence-electron chi connectivity index (χ3n) is 4.74. The van der Waals surface area contributed by atoms with Crippen molar-refractivity contribution in [1.82, 2.24) is 15.1 Å². The van der Waals surface area contributed by atoms with Crippen LogP contribution in [0.1, 0.15) is 28.5 Å². The van der Waals surface area contributed by atoms with Gasteiger partial charge in [-0.15, -0.1) is 0 Å². The molecule has 6 nitrogen and oxygen atoms in total. The first-order valence-electron chi connectivity index (χ1n) is 8.63. The maximum Gasteiger partial charge on any atom is 0.360 e. The minimum Gasteiger partial charge on any atom is -0.448 e. The smallest absolute Gasteiger partial charge is 0.360 e. The standard InChI is InChI=1S/C20H19N3O3/c1-13(19(24)23-11-10-14-6-2-3-7-15(14)12-23)26-20(25)18-16-8-4-5-9-17(16)21-22-18/h2-9,13H,10-12H2,1H3,(H,21,22)/t13-/m0/s1. The lowest BCUT2D eigenvalue weighted by atomic mass is 9.99. The molecule has 6 heteroatoms. The molecule has 0 aliphatic carbocycles. The number of ether oxygens (including phenoxy) is 1. The number of hydrogen-bond donors (Lipinski definition) is 1. The fourth-order valence-corrected chi connectivity index (χ4v) is 3.33. The lowest BCUT2D eigenvalue weighted by Gasteiger charge is -2.30. The average molecular weight is 349 g/mol. The molecule has 0 saturated heterocycles. The van der Waals surface area contributed by atoms with Crippen LogP contribution in [0.5, 0.6) is 0 Å². The Hall–Kier alpha value is -3.15. The molecule has 4 rings (SSSR count). The zero-order chi connectivity index (χ0) is 18.1. The molecule has 2 aromatic carbocycles. The molecule has 1 aliphatic rings. The summed E-state index contributed by atoms with van der Waals surface area (Å²) in [5.74, 6) is -0.784. The zero-order valence-electron chi connectivity index (χ0n) is 14.4. The molecular formula is C20H19N3O3. The van der Waals surface area contributed by atoms with Gasteiger partial charge in [0, 0.05) is 18.5 Å². The number of carbonyl (C=O) groups is 2. The van der Waals surface area contributed by atoms with Crippen LogP contribution in [0.3, 0.4) is 0 Å². The van der Waals surface area contributed by atoms with Crippen LogP contribution < -0.4 is 0 Å². The Labute approximate surface area is 150 Å². The molecule has 0 saturated carbocycles. The Balaban J connectivity index is 1.45. The van der Waals surface area contributed by atoms with Crippen LogP contribution in [0.2, 0.25) is 0 Å². The Morgan fingerprint density at radius 3 is 2.69 bits per heavy atom. The van der Waals surface area contributed by atoms with E-state index >= 15 is 0 Å². The summed E-state index contributed by atoms with van der Waals surface area (Å²) >= 11 is 0. The maximum atomic E-state index is 12.7. The number of H-pyrrole nitrogens is 1. The van der Waals surface area contributed by atoms with Gasteiger partial charge in [0.05, 0.1) is 5.52 Å². The Bertz CT molecular complexity index is 979. The Morgan fingerprint density at radius 1 is 1.12 bits per heavy atom. The molecule has 0 unspecified atom stereocenters. The molecule has 0 spiro atoms. The summed E-state index contributed by atoms with van der Waals surface area (Å²) in [6.07, 6.45) is -0.0460. The monoisotopic (exact) mass is 349 g/mol. The lowest BCUT2D eigenvalue weighted by molar-refractivity contribution is -0.140. The number of hydrogen-bond acceptors (Lipinski definition) is 4. The number of fused-ring (bicyclic) bond motifs is 2. The van der Waals surface area contributed by atoms with Gasteiger partial charge in [-0.1, -0.05) is 42.5 Å². The van der Waals surface area contributed by atoms with Crippen molar-refractivity contribution in [2.75, 3.05) is 6.54 Å². The first-order chi connectivity index (χ1) is 12.6. The van der Waals surface area contributed by atoms with Crippen molar-refractivity contribution >= 4 is 22.8 Å². The molecule has 1 aromatic heterocycles. The molecule has 0 bridgehead atoms. The second kappa shape index (κ2) is 6.63. The van der Waals surface area contributed by atoms with E-state index in [0.29, 0.717) is 18.5 Å². The molecule has 1 aliphatic heterocycles. The van der Waals surface area contributed by atoms with E-state index in [1.54, 1.807) is 17.9 Å². The van der Waals surface area contributed by atoms with Gasteiger partial charge in [-0.2, -0.15) is 5.10 Å². The van der Waals surface area contributed by atoms with E-state index in [4.69, 9.17) is 4.74 Å². The van der Waals surface area contributed by atoms with Crippen molar-refractivity contribution in [3.63, 3.8) is 0 Å². The van der Waals surface area contributed by atoms with Gasteiger partial charge in [-0.05, 0) is 30.5 Å². The van der Waals surface area contributed by atoms with Gasteiger partial charge in [0.1, 0.15) is 0 Å². The first kappa shape index (κ1) is 16.3. The van der Waals surface area contributed by atoms with Crippen LogP contribution in [-0.2, 0) is 22.5 Å². The molecule has 26 heavy (non-hydrogen) atoms. The quantitative estimate of drug-likeness (QED) is 0.738. The molecule has 3 aromatic rings. The fourth-order valence-electron chi connectivity index (χ4n) is 3.33. The minimum atomic E-state index is -0.858. The van der Waals surface area contributed by atoms with Crippen molar-refractivity contribution in [3.05, 3.63) is 65.4 Å². The summed E-state index contributed by atoms with van der Waals surface area (Å²) in [6, 6.07) is 15.4. The van der Waals surface area contributed by atoms with E-state index in [9.17, 15) is 9.59 Å². The van der Waals surface area contributed by atoms with Gasteiger partial charge >= 0.3 is 5.97 Å². The molecule has 1 N–H and O–H groups in total. The van der Waals surface area contributed by atoms with Crippen LogP contribution >= 0.6 is 0 Å². The largest absolute Gasteiger partial charge is 0.448 e.